The molecule has 3 heterocycles. The van der Waals surface area contributed by atoms with Crippen LogP contribution < -0.4 is 15.2 Å². The first-order valence-electron chi connectivity index (χ1n) is 9.95. The second kappa shape index (κ2) is 7.02. The third kappa shape index (κ3) is 3.28. The van der Waals surface area contributed by atoms with Gasteiger partial charge in [-0.15, -0.1) is 0 Å². The number of aromatic nitrogens is 4. The normalized spacial score (nSPS) is 16.9. The SMILES string of the molecule is COc1ncc(-c2nc3cc(C[C@H](C(N)=O)C4CC4)cc4c3n2CCCO4)cn1. The lowest BCUT2D eigenvalue weighted by molar-refractivity contribution is -0.122. The number of primary amides is 1. The lowest BCUT2D eigenvalue weighted by atomic mass is 9.94. The molecule has 3 aromatic rings. The maximum absolute atomic E-state index is 11.9. The van der Waals surface area contributed by atoms with Crippen LogP contribution in [0.2, 0.25) is 0 Å². The van der Waals surface area contributed by atoms with Crippen LogP contribution in [0.3, 0.4) is 0 Å². The zero-order valence-corrected chi connectivity index (χ0v) is 16.3. The number of hydrogen-bond acceptors (Lipinski definition) is 6. The number of carbonyl (C=O) groups is 1. The quantitative estimate of drug-likeness (QED) is 0.689. The van der Waals surface area contributed by atoms with Crippen LogP contribution in [0, 0.1) is 11.8 Å². The second-order valence-electron chi connectivity index (χ2n) is 7.76. The minimum absolute atomic E-state index is 0.123. The molecule has 0 unspecified atom stereocenters. The van der Waals surface area contributed by atoms with E-state index in [2.05, 4.69) is 20.6 Å². The lowest BCUT2D eigenvalue weighted by Gasteiger charge is -2.13. The van der Waals surface area contributed by atoms with E-state index >= 15 is 0 Å². The zero-order chi connectivity index (χ0) is 20.0. The molecule has 1 aliphatic carbocycles. The van der Waals surface area contributed by atoms with Crippen molar-refractivity contribution in [2.24, 2.45) is 17.6 Å². The average Bonchev–Trinajstić information content (AvgIpc) is 3.52. The summed E-state index contributed by atoms with van der Waals surface area (Å²) >= 11 is 0. The second-order valence-corrected chi connectivity index (χ2v) is 7.76. The third-order valence-electron chi connectivity index (χ3n) is 5.73. The van der Waals surface area contributed by atoms with E-state index in [1.165, 1.54) is 0 Å². The van der Waals surface area contributed by atoms with Gasteiger partial charge in [-0.1, -0.05) is 0 Å². The molecule has 8 nitrogen and oxygen atoms in total. The third-order valence-corrected chi connectivity index (χ3v) is 5.73. The Kier molecular flexibility index (Phi) is 4.34. The monoisotopic (exact) mass is 393 g/mol. The van der Waals surface area contributed by atoms with E-state index in [0.717, 1.165) is 59.5 Å². The Bertz CT molecular complexity index is 1070. The highest BCUT2D eigenvalue weighted by atomic mass is 16.5. The van der Waals surface area contributed by atoms with Crippen molar-refractivity contribution in [3.05, 3.63) is 30.1 Å². The van der Waals surface area contributed by atoms with E-state index in [-0.39, 0.29) is 11.8 Å². The molecule has 1 aliphatic heterocycles. The van der Waals surface area contributed by atoms with E-state index in [9.17, 15) is 4.79 Å². The smallest absolute Gasteiger partial charge is 0.316 e. The number of ether oxygens (including phenoxy) is 2. The van der Waals surface area contributed by atoms with Crippen LogP contribution in [0.15, 0.2) is 24.5 Å². The number of hydrogen-bond donors (Lipinski definition) is 1. The van der Waals surface area contributed by atoms with Gasteiger partial charge >= 0.3 is 6.01 Å². The number of amides is 1. The van der Waals surface area contributed by atoms with Crippen LogP contribution in [-0.4, -0.2) is 39.1 Å². The van der Waals surface area contributed by atoms with Crippen LogP contribution in [0.5, 0.6) is 11.8 Å². The van der Waals surface area contributed by atoms with Gasteiger partial charge < -0.3 is 19.8 Å². The summed E-state index contributed by atoms with van der Waals surface area (Å²) in [5, 5.41) is 0. The molecule has 1 atom stereocenters. The van der Waals surface area contributed by atoms with Crippen molar-refractivity contribution < 1.29 is 14.3 Å². The Labute approximate surface area is 168 Å². The molecule has 150 valence electrons. The number of aryl methyl sites for hydroxylation is 1. The molecule has 1 fully saturated rings. The Hall–Kier alpha value is -3.16. The van der Waals surface area contributed by atoms with Gasteiger partial charge in [0.05, 0.1) is 24.8 Å². The molecule has 1 amide bonds. The molecule has 2 aromatic heterocycles. The molecule has 0 bridgehead atoms. The fourth-order valence-electron chi connectivity index (χ4n) is 4.15. The predicted molar refractivity (Wildman–Crippen MR) is 107 cm³/mol. The number of imidazole rings is 1. The fraction of sp³-hybridized carbons (Fsp3) is 0.429. The molecule has 1 aromatic carbocycles. The van der Waals surface area contributed by atoms with Crippen LogP contribution in [-0.2, 0) is 17.8 Å². The first kappa shape index (κ1) is 17.9. The number of nitrogens with zero attached hydrogens (tertiary/aromatic N) is 4. The van der Waals surface area contributed by atoms with Gasteiger partial charge in [0.1, 0.15) is 17.1 Å². The fourth-order valence-corrected chi connectivity index (χ4v) is 4.15. The molecule has 1 saturated carbocycles. The van der Waals surface area contributed by atoms with Crippen LogP contribution in [0.25, 0.3) is 22.4 Å². The highest BCUT2D eigenvalue weighted by Gasteiger charge is 2.35. The highest BCUT2D eigenvalue weighted by molar-refractivity contribution is 5.87. The van der Waals surface area contributed by atoms with Gasteiger partial charge in [-0.2, -0.15) is 0 Å². The maximum Gasteiger partial charge on any atom is 0.316 e. The van der Waals surface area contributed by atoms with Crippen molar-refractivity contribution in [3.63, 3.8) is 0 Å². The van der Waals surface area contributed by atoms with E-state index in [1.54, 1.807) is 19.5 Å². The summed E-state index contributed by atoms with van der Waals surface area (Å²) in [6.45, 7) is 1.44. The molecule has 2 aliphatic rings. The van der Waals surface area contributed by atoms with Gasteiger partial charge in [0.15, 0.2) is 0 Å². The largest absolute Gasteiger partial charge is 0.491 e. The maximum atomic E-state index is 11.9. The van der Waals surface area contributed by atoms with Gasteiger partial charge in [0, 0.05) is 24.9 Å². The lowest BCUT2D eigenvalue weighted by Crippen LogP contribution is -2.26. The Morgan fingerprint density at radius 3 is 2.83 bits per heavy atom. The Morgan fingerprint density at radius 1 is 1.34 bits per heavy atom. The highest BCUT2D eigenvalue weighted by Crippen LogP contribution is 2.40. The first-order valence-corrected chi connectivity index (χ1v) is 9.95. The number of nitrogens with two attached hydrogens (primary N) is 1. The van der Waals surface area contributed by atoms with E-state index in [4.69, 9.17) is 20.2 Å². The molecule has 5 rings (SSSR count). The summed E-state index contributed by atoms with van der Waals surface area (Å²) in [4.78, 5) is 25.2. The minimum Gasteiger partial charge on any atom is -0.491 e. The van der Waals surface area contributed by atoms with Gasteiger partial charge in [0.25, 0.3) is 0 Å². The molecule has 29 heavy (non-hydrogen) atoms. The molecular formula is C21H23N5O3. The summed E-state index contributed by atoms with van der Waals surface area (Å²) in [6.07, 6.45) is 7.11. The van der Waals surface area contributed by atoms with E-state index < -0.39 is 0 Å². The topological polar surface area (TPSA) is 105 Å². The zero-order valence-electron chi connectivity index (χ0n) is 16.3. The van der Waals surface area contributed by atoms with Crippen molar-refractivity contribution in [3.8, 4) is 23.1 Å². The van der Waals surface area contributed by atoms with Gasteiger partial charge in [-0.25, -0.2) is 15.0 Å². The summed E-state index contributed by atoms with van der Waals surface area (Å²) in [5.74, 6) is 1.68. The van der Waals surface area contributed by atoms with Crippen LogP contribution in [0.4, 0.5) is 0 Å². The van der Waals surface area contributed by atoms with Crippen molar-refractivity contribution in [1.29, 1.82) is 0 Å². The molecule has 8 heteroatoms. The predicted octanol–water partition coefficient (Wildman–Crippen LogP) is 2.34. The number of benzene rings is 1. The number of methoxy groups -OCH3 is 1. The van der Waals surface area contributed by atoms with Gasteiger partial charge in [-0.3, -0.25) is 4.79 Å². The van der Waals surface area contributed by atoms with Crippen LogP contribution >= 0.6 is 0 Å². The number of rotatable bonds is 6. The summed E-state index contributed by atoms with van der Waals surface area (Å²) < 4.78 is 13.3. The summed E-state index contributed by atoms with van der Waals surface area (Å²) in [7, 11) is 1.54. The van der Waals surface area contributed by atoms with Crippen molar-refractivity contribution >= 4 is 16.9 Å². The van der Waals surface area contributed by atoms with Crippen molar-refractivity contribution in [2.75, 3.05) is 13.7 Å². The molecule has 0 saturated heterocycles. The summed E-state index contributed by atoms with van der Waals surface area (Å²) in [6, 6.07) is 4.42. The molecular weight excluding hydrogens is 370 g/mol. The average molecular weight is 393 g/mol. The number of carbonyl (C=O) groups excluding carboxylic acids is 1. The van der Waals surface area contributed by atoms with Gasteiger partial charge in [-0.05, 0) is 49.3 Å². The van der Waals surface area contributed by atoms with E-state index in [0.29, 0.717) is 25.0 Å². The van der Waals surface area contributed by atoms with Gasteiger partial charge in [0.2, 0.25) is 5.91 Å². The molecule has 0 spiro atoms. The van der Waals surface area contributed by atoms with Crippen molar-refractivity contribution in [2.45, 2.75) is 32.2 Å². The molecule has 2 N–H and O–H groups in total. The van der Waals surface area contributed by atoms with Crippen LogP contribution in [0.1, 0.15) is 24.8 Å². The van der Waals surface area contributed by atoms with Crippen molar-refractivity contribution in [1.82, 2.24) is 19.5 Å². The Morgan fingerprint density at radius 2 is 2.14 bits per heavy atom. The standard InChI is InChI=1S/C21H23N5O3/c1-28-21-23-10-14(11-24-21)20-25-16-8-12(7-15(19(22)27)13-3-4-13)9-17-18(16)26(20)5-2-6-29-17/h8-11,13,15H,2-7H2,1H3,(H2,22,27)/t15-/m0/s1. The first-order chi connectivity index (χ1) is 14.1. The molecule has 0 radical (unpaired) electrons. The minimum atomic E-state index is -0.221. The Balaban J connectivity index is 1.59. The summed E-state index contributed by atoms with van der Waals surface area (Å²) in [5.41, 5.74) is 9.34. The van der Waals surface area contributed by atoms with E-state index in [1.807, 2.05) is 6.07 Å².